The van der Waals surface area contributed by atoms with Gasteiger partial charge < -0.3 is 0 Å². The highest BCUT2D eigenvalue weighted by molar-refractivity contribution is 4.83. The van der Waals surface area contributed by atoms with Crippen molar-refractivity contribution in [1.82, 2.24) is 4.57 Å². The lowest BCUT2D eigenvalue weighted by molar-refractivity contribution is -0.704. The van der Waals surface area contributed by atoms with Gasteiger partial charge in [-0.2, -0.15) is 0 Å². The van der Waals surface area contributed by atoms with E-state index in [1.165, 1.54) is 70.2 Å². The molecule has 0 fully saturated rings. The van der Waals surface area contributed by atoms with E-state index in [2.05, 4.69) is 42.3 Å². The lowest BCUT2D eigenvalue weighted by atomic mass is 10.1. The van der Waals surface area contributed by atoms with Gasteiger partial charge in [-0.25, -0.2) is 9.13 Å². The van der Waals surface area contributed by atoms with Gasteiger partial charge in [-0.15, -0.1) is 0 Å². The van der Waals surface area contributed by atoms with Crippen LogP contribution in [0.5, 0.6) is 0 Å². The molecule has 1 heterocycles. The van der Waals surface area contributed by atoms with Gasteiger partial charge in [-0.05, 0) is 26.2 Å². The maximum atomic E-state index is 2.49. The zero-order valence-electron chi connectivity index (χ0n) is 13.3. The second-order valence-electron chi connectivity index (χ2n) is 5.57. The molecular weight excluding hydrogens is 232 g/mol. The van der Waals surface area contributed by atoms with E-state index in [-0.39, 0.29) is 0 Å². The summed E-state index contributed by atoms with van der Waals surface area (Å²) in [6.45, 7) is 9.10. The molecular formula is C17H33N2+. The number of aryl methyl sites for hydroxylation is 2. The maximum absolute atomic E-state index is 2.49. The van der Waals surface area contributed by atoms with E-state index in [1.54, 1.807) is 0 Å². The van der Waals surface area contributed by atoms with Crippen molar-refractivity contribution >= 4 is 0 Å². The summed E-state index contributed by atoms with van der Waals surface area (Å²) in [6.07, 6.45) is 16.6. The van der Waals surface area contributed by atoms with Crippen LogP contribution >= 0.6 is 0 Å². The van der Waals surface area contributed by atoms with Crippen LogP contribution < -0.4 is 4.57 Å². The predicted octanol–water partition coefficient (Wildman–Crippen LogP) is 4.50. The number of unbranched alkanes of at least 4 members (excludes halogenated alkanes) is 6. The van der Waals surface area contributed by atoms with Gasteiger partial charge in [0.05, 0.1) is 13.1 Å². The monoisotopic (exact) mass is 265 g/mol. The molecule has 1 rings (SSSR count). The van der Waals surface area contributed by atoms with E-state index in [0.29, 0.717) is 0 Å². The molecule has 0 amide bonds. The van der Waals surface area contributed by atoms with Gasteiger partial charge in [0.25, 0.3) is 5.82 Å². The minimum Gasteiger partial charge on any atom is -0.235 e. The molecule has 0 bridgehead atoms. The fourth-order valence-corrected chi connectivity index (χ4v) is 2.67. The van der Waals surface area contributed by atoms with Crippen molar-refractivity contribution in [2.24, 2.45) is 0 Å². The fourth-order valence-electron chi connectivity index (χ4n) is 2.67. The third-order valence-electron chi connectivity index (χ3n) is 3.94. The lowest BCUT2D eigenvalue weighted by Gasteiger charge is -2.04. The van der Waals surface area contributed by atoms with E-state index in [0.717, 1.165) is 6.54 Å². The Hall–Kier alpha value is -0.790. The summed E-state index contributed by atoms with van der Waals surface area (Å²) in [7, 11) is 0. The van der Waals surface area contributed by atoms with Crippen LogP contribution in [-0.4, -0.2) is 4.57 Å². The summed E-state index contributed by atoms with van der Waals surface area (Å²) < 4.78 is 4.89. The van der Waals surface area contributed by atoms with Crippen LogP contribution in [0.4, 0.5) is 0 Å². The summed E-state index contributed by atoms with van der Waals surface area (Å²) in [4.78, 5) is 0. The molecule has 0 saturated heterocycles. The van der Waals surface area contributed by atoms with Crippen LogP contribution in [0.1, 0.15) is 78.0 Å². The second kappa shape index (κ2) is 10.1. The van der Waals surface area contributed by atoms with Crippen molar-refractivity contribution in [1.29, 1.82) is 0 Å². The van der Waals surface area contributed by atoms with Crippen LogP contribution in [0.25, 0.3) is 0 Å². The Balaban J connectivity index is 2.37. The van der Waals surface area contributed by atoms with E-state index in [4.69, 9.17) is 0 Å². The molecule has 0 saturated carbocycles. The van der Waals surface area contributed by atoms with Crippen molar-refractivity contribution < 1.29 is 4.57 Å². The van der Waals surface area contributed by atoms with Crippen molar-refractivity contribution in [2.45, 2.75) is 91.6 Å². The number of rotatable bonds is 11. The van der Waals surface area contributed by atoms with Crippen LogP contribution in [0, 0.1) is 0 Å². The summed E-state index contributed by atoms with van der Waals surface area (Å²) in [5.74, 6) is 1.53. The molecule has 1 aromatic rings. The lowest BCUT2D eigenvalue weighted by Crippen LogP contribution is -2.37. The summed E-state index contributed by atoms with van der Waals surface area (Å²) in [5.41, 5.74) is 0. The quantitative estimate of drug-likeness (QED) is 0.411. The van der Waals surface area contributed by atoms with Crippen molar-refractivity contribution in [3.05, 3.63) is 18.2 Å². The third-order valence-corrected chi connectivity index (χ3v) is 3.94. The number of hydrogen-bond acceptors (Lipinski definition) is 0. The summed E-state index contributed by atoms with van der Waals surface area (Å²) in [6, 6.07) is 0. The molecule has 1 aromatic heterocycles. The van der Waals surface area contributed by atoms with E-state index >= 15 is 0 Å². The predicted molar refractivity (Wildman–Crippen MR) is 82.3 cm³/mol. The Labute approximate surface area is 119 Å². The molecule has 2 heteroatoms. The van der Waals surface area contributed by atoms with E-state index in [1.807, 2.05) is 0 Å². The SMILES string of the molecule is CCCCCCCC[n+]1ccn(CC)c1CCCC. The van der Waals surface area contributed by atoms with Gasteiger partial charge in [0, 0.05) is 6.42 Å². The molecule has 0 aliphatic rings. The number of nitrogens with zero attached hydrogens (tertiary/aromatic N) is 2. The Kier molecular flexibility index (Phi) is 8.61. The molecule has 0 atom stereocenters. The first-order chi connectivity index (χ1) is 9.33. The molecule has 0 aromatic carbocycles. The van der Waals surface area contributed by atoms with Gasteiger partial charge in [0.15, 0.2) is 0 Å². The average Bonchev–Trinajstić information content (AvgIpc) is 2.82. The number of aromatic nitrogens is 2. The largest absolute Gasteiger partial charge is 0.256 e. The summed E-state index contributed by atoms with van der Waals surface area (Å²) in [5, 5.41) is 0. The molecule has 0 aliphatic heterocycles. The topological polar surface area (TPSA) is 8.81 Å². The standard InChI is InChI=1S/C17H33N2/c1-4-7-9-10-11-12-14-19-16-15-18(6-3)17(19)13-8-5-2/h15-16H,4-14H2,1-3H3/q+1. The third kappa shape index (κ3) is 5.80. The fraction of sp³-hybridized carbons (Fsp3) is 0.824. The maximum Gasteiger partial charge on any atom is 0.256 e. The molecule has 0 aliphatic carbocycles. The van der Waals surface area contributed by atoms with Crippen LogP contribution in [0.15, 0.2) is 12.4 Å². The Morgan fingerprint density at radius 3 is 2.26 bits per heavy atom. The Morgan fingerprint density at radius 1 is 0.895 bits per heavy atom. The van der Waals surface area contributed by atoms with E-state index in [9.17, 15) is 0 Å². The first-order valence-corrected chi connectivity index (χ1v) is 8.40. The molecule has 2 nitrogen and oxygen atoms in total. The van der Waals surface area contributed by atoms with E-state index < -0.39 is 0 Å². The Bertz CT molecular complexity index is 328. The van der Waals surface area contributed by atoms with Crippen molar-refractivity contribution in [3.63, 3.8) is 0 Å². The molecule has 0 N–H and O–H groups in total. The van der Waals surface area contributed by atoms with Crippen LogP contribution in [0.2, 0.25) is 0 Å². The highest BCUT2D eigenvalue weighted by atomic mass is 15.1. The zero-order valence-corrected chi connectivity index (χ0v) is 13.3. The molecule has 0 unspecified atom stereocenters. The smallest absolute Gasteiger partial charge is 0.235 e. The van der Waals surface area contributed by atoms with Crippen molar-refractivity contribution in [3.8, 4) is 0 Å². The van der Waals surface area contributed by atoms with Gasteiger partial charge in [-0.1, -0.05) is 46.0 Å². The highest BCUT2D eigenvalue weighted by Crippen LogP contribution is 2.06. The average molecular weight is 265 g/mol. The number of imidazole rings is 1. The number of hydrogen-bond donors (Lipinski definition) is 0. The Morgan fingerprint density at radius 2 is 1.58 bits per heavy atom. The first kappa shape index (κ1) is 16.3. The van der Waals surface area contributed by atoms with Gasteiger partial charge in [0.1, 0.15) is 12.4 Å². The summed E-state index contributed by atoms with van der Waals surface area (Å²) >= 11 is 0. The molecule has 0 radical (unpaired) electrons. The van der Waals surface area contributed by atoms with Crippen molar-refractivity contribution in [2.75, 3.05) is 0 Å². The molecule has 110 valence electrons. The molecule has 0 spiro atoms. The van der Waals surface area contributed by atoms with Gasteiger partial charge in [-0.3, -0.25) is 0 Å². The van der Waals surface area contributed by atoms with Gasteiger partial charge >= 0.3 is 0 Å². The second-order valence-corrected chi connectivity index (χ2v) is 5.57. The molecule has 19 heavy (non-hydrogen) atoms. The zero-order chi connectivity index (χ0) is 13.9. The van der Waals surface area contributed by atoms with Gasteiger partial charge in [0.2, 0.25) is 0 Å². The van der Waals surface area contributed by atoms with Crippen LogP contribution in [0.3, 0.4) is 0 Å². The minimum atomic E-state index is 1.10. The minimum absolute atomic E-state index is 1.10. The van der Waals surface area contributed by atoms with Crippen LogP contribution in [-0.2, 0) is 19.5 Å². The highest BCUT2D eigenvalue weighted by Gasteiger charge is 2.14. The first-order valence-electron chi connectivity index (χ1n) is 8.40. The normalized spacial score (nSPS) is 11.1.